The van der Waals surface area contributed by atoms with E-state index in [9.17, 15) is 13.2 Å². The summed E-state index contributed by atoms with van der Waals surface area (Å²) >= 11 is 12.4. The number of carbonyl (C=O) groups is 1. The maximum Gasteiger partial charge on any atom is 0.264 e. The molecule has 3 aromatic rings. The van der Waals surface area contributed by atoms with Crippen LogP contribution < -0.4 is 9.62 Å². The number of nitrogens with one attached hydrogen (secondary N) is 1. The van der Waals surface area contributed by atoms with Crippen LogP contribution in [0.15, 0.2) is 71.6 Å². The molecule has 1 amide bonds. The van der Waals surface area contributed by atoms with Crippen LogP contribution in [0.25, 0.3) is 0 Å². The Kier molecular flexibility index (Phi) is 6.71. The molecule has 156 valence electrons. The molecule has 0 aromatic heterocycles. The van der Waals surface area contributed by atoms with Crippen molar-refractivity contribution in [3.8, 4) is 0 Å². The summed E-state index contributed by atoms with van der Waals surface area (Å²) in [6.45, 7) is 3.29. The van der Waals surface area contributed by atoms with Gasteiger partial charge in [-0.15, -0.1) is 0 Å². The van der Waals surface area contributed by atoms with Crippen LogP contribution in [0.4, 0.5) is 11.4 Å². The molecule has 0 fully saturated rings. The Labute approximate surface area is 186 Å². The third-order valence-corrected chi connectivity index (χ3v) is 6.98. The second-order valence-electron chi connectivity index (χ2n) is 6.82. The fourth-order valence-corrected chi connectivity index (χ4v) is 4.76. The van der Waals surface area contributed by atoms with Gasteiger partial charge in [0.2, 0.25) is 5.91 Å². The Morgan fingerprint density at radius 3 is 2.27 bits per heavy atom. The number of sulfonamides is 1. The molecule has 0 aliphatic rings. The molecule has 5 nitrogen and oxygen atoms in total. The molecule has 0 atom stereocenters. The van der Waals surface area contributed by atoms with Gasteiger partial charge in [0, 0.05) is 5.69 Å². The zero-order valence-electron chi connectivity index (χ0n) is 16.4. The van der Waals surface area contributed by atoms with Crippen LogP contribution in [0.5, 0.6) is 0 Å². The zero-order chi connectivity index (χ0) is 21.9. The maximum atomic E-state index is 13.4. The van der Waals surface area contributed by atoms with Crippen molar-refractivity contribution in [1.29, 1.82) is 0 Å². The summed E-state index contributed by atoms with van der Waals surface area (Å²) < 4.78 is 27.8. The van der Waals surface area contributed by atoms with E-state index in [0.717, 1.165) is 15.4 Å². The van der Waals surface area contributed by atoms with Crippen molar-refractivity contribution in [1.82, 2.24) is 0 Å². The summed E-state index contributed by atoms with van der Waals surface area (Å²) in [5.41, 5.74) is 2.59. The van der Waals surface area contributed by atoms with Gasteiger partial charge in [0.25, 0.3) is 10.0 Å². The molecule has 8 heteroatoms. The highest BCUT2D eigenvalue weighted by atomic mass is 35.5. The van der Waals surface area contributed by atoms with Gasteiger partial charge in [0.15, 0.2) is 0 Å². The molecule has 0 aliphatic heterocycles. The SMILES string of the molecule is Cc1ccc(S(=O)(=O)N(CC(=O)Nc2cccc(C)c2)c2cccc(Cl)c2Cl)cc1. The van der Waals surface area contributed by atoms with Gasteiger partial charge in [-0.2, -0.15) is 0 Å². The molecule has 3 rings (SSSR count). The van der Waals surface area contributed by atoms with Gasteiger partial charge in [-0.1, -0.05) is 59.1 Å². The van der Waals surface area contributed by atoms with Crippen molar-refractivity contribution in [2.45, 2.75) is 18.7 Å². The number of hydrogen-bond acceptors (Lipinski definition) is 3. The smallest absolute Gasteiger partial charge is 0.264 e. The predicted molar refractivity (Wildman–Crippen MR) is 122 cm³/mol. The molecule has 0 aliphatic carbocycles. The summed E-state index contributed by atoms with van der Waals surface area (Å²) in [4.78, 5) is 12.8. The lowest BCUT2D eigenvalue weighted by molar-refractivity contribution is -0.114. The molecular formula is C22H20Cl2N2O3S. The minimum atomic E-state index is -4.08. The monoisotopic (exact) mass is 462 g/mol. The highest BCUT2D eigenvalue weighted by Crippen LogP contribution is 2.35. The van der Waals surface area contributed by atoms with E-state index in [4.69, 9.17) is 23.2 Å². The van der Waals surface area contributed by atoms with Gasteiger partial charge in [-0.25, -0.2) is 8.42 Å². The van der Waals surface area contributed by atoms with E-state index < -0.39 is 22.5 Å². The normalized spacial score (nSPS) is 11.2. The first-order chi connectivity index (χ1) is 14.2. The van der Waals surface area contributed by atoms with E-state index in [1.165, 1.54) is 18.2 Å². The first kappa shape index (κ1) is 22.2. The first-order valence-electron chi connectivity index (χ1n) is 9.08. The Morgan fingerprint density at radius 2 is 1.60 bits per heavy atom. The Hall–Kier alpha value is -2.54. The minimum absolute atomic E-state index is 0.0486. The topological polar surface area (TPSA) is 66.5 Å². The number of aryl methyl sites for hydroxylation is 2. The van der Waals surface area contributed by atoms with Gasteiger partial charge >= 0.3 is 0 Å². The standard InChI is InChI=1S/C22H20Cl2N2O3S/c1-15-9-11-18(12-10-15)30(28,29)26(20-8-4-7-19(23)22(20)24)14-21(27)25-17-6-3-5-16(2)13-17/h3-13H,14H2,1-2H3,(H,25,27). The number of nitrogens with zero attached hydrogens (tertiary/aromatic N) is 1. The van der Waals surface area contributed by atoms with E-state index >= 15 is 0 Å². The molecule has 0 bridgehead atoms. The van der Waals surface area contributed by atoms with E-state index in [-0.39, 0.29) is 20.6 Å². The average molecular weight is 463 g/mol. The zero-order valence-corrected chi connectivity index (χ0v) is 18.7. The van der Waals surface area contributed by atoms with Gasteiger partial charge in [0.1, 0.15) is 6.54 Å². The van der Waals surface area contributed by atoms with Gasteiger partial charge < -0.3 is 5.32 Å². The van der Waals surface area contributed by atoms with Crippen molar-refractivity contribution in [3.05, 3.63) is 87.9 Å². The van der Waals surface area contributed by atoms with Gasteiger partial charge in [-0.05, 0) is 55.8 Å². The summed E-state index contributed by atoms with van der Waals surface area (Å²) in [6.07, 6.45) is 0. The summed E-state index contributed by atoms with van der Waals surface area (Å²) in [7, 11) is -4.08. The summed E-state index contributed by atoms with van der Waals surface area (Å²) in [6, 6.07) is 18.3. The van der Waals surface area contributed by atoms with Crippen LogP contribution in [0, 0.1) is 13.8 Å². The van der Waals surface area contributed by atoms with Crippen molar-refractivity contribution >= 4 is 50.5 Å². The van der Waals surface area contributed by atoms with Crippen molar-refractivity contribution < 1.29 is 13.2 Å². The molecular weight excluding hydrogens is 443 g/mol. The Bertz CT molecular complexity index is 1180. The molecule has 1 N–H and O–H groups in total. The Balaban J connectivity index is 2.00. The quantitative estimate of drug-likeness (QED) is 0.529. The molecule has 0 spiro atoms. The van der Waals surface area contributed by atoms with Crippen LogP contribution >= 0.6 is 23.2 Å². The van der Waals surface area contributed by atoms with Crippen LogP contribution in [-0.4, -0.2) is 20.9 Å². The molecule has 0 heterocycles. The predicted octanol–water partition coefficient (Wildman–Crippen LogP) is 5.44. The fraction of sp³-hybridized carbons (Fsp3) is 0.136. The number of anilines is 2. The number of amides is 1. The minimum Gasteiger partial charge on any atom is -0.325 e. The van der Waals surface area contributed by atoms with Crippen LogP contribution in [0.3, 0.4) is 0 Å². The number of benzene rings is 3. The number of hydrogen-bond donors (Lipinski definition) is 1. The van der Waals surface area contributed by atoms with E-state index in [1.54, 1.807) is 42.5 Å². The van der Waals surface area contributed by atoms with Crippen molar-refractivity contribution in [2.75, 3.05) is 16.2 Å². The average Bonchev–Trinajstić information content (AvgIpc) is 2.69. The third kappa shape index (κ3) is 4.95. The van der Waals surface area contributed by atoms with Crippen molar-refractivity contribution in [3.63, 3.8) is 0 Å². The third-order valence-electron chi connectivity index (χ3n) is 4.40. The Morgan fingerprint density at radius 1 is 0.933 bits per heavy atom. The lowest BCUT2D eigenvalue weighted by Gasteiger charge is -2.25. The largest absolute Gasteiger partial charge is 0.325 e. The lowest BCUT2D eigenvalue weighted by Crippen LogP contribution is -2.38. The molecule has 0 radical (unpaired) electrons. The van der Waals surface area contributed by atoms with Gasteiger partial charge in [0.05, 0.1) is 20.6 Å². The maximum absolute atomic E-state index is 13.4. The van der Waals surface area contributed by atoms with Crippen LogP contribution in [-0.2, 0) is 14.8 Å². The van der Waals surface area contributed by atoms with E-state index in [2.05, 4.69) is 5.32 Å². The molecule has 3 aromatic carbocycles. The second-order valence-corrected chi connectivity index (χ2v) is 9.46. The lowest BCUT2D eigenvalue weighted by atomic mass is 10.2. The fourth-order valence-electron chi connectivity index (χ4n) is 2.88. The highest BCUT2D eigenvalue weighted by Gasteiger charge is 2.29. The molecule has 0 unspecified atom stereocenters. The molecule has 30 heavy (non-hydrogen) atoms. The van der Waals surface area contributed by atoms with Gasteiger partial charge in [-0.3, -0.25) is 9.10 Å². The summed E-state index contributed by atoms with van der Waals surface area (Å²) in [5, 5.41) is 2.97. The number of carbonyl (C=O) groups excluding carboxylic acids is 1. The number of rotatable bonds is 6. The highest BCUT2D eigenvalue weighted by molar-refractivity contribution is 7.92. The van der Waals surface area contributed by atoms with Crippen LogP contribution in [0.2, 0.25) is 10.0 Å². The van der Waals surface area contributed by atoms with Crippen LogP contribution in [0.1, 0.15) is 11.1 Å². The summed E-state index contributed by atoms with van der Waals surface area (Å²) in [5.74, 6) is -0.507. The molecule has 0 saturated carbocycles. The van der Waals surface area contributed by atoms with Crippen molar-refractivity contribution in [2.24, 2.45) is 0 Å². The second kappa shape index (κ2) is 9.08. The van der Waals surface area contributed by atoms with E-state index in [1.807, 2.05) is 19.9 Å². The first-order valence-corrected chi connectivity index (χ1v) is 11.3. The number of halogens is 2. The van der Waals surface area contributed by atoms with E-state index in [0.29, 0.717) is 5.69 Å². The molecule has 0 saturated heterocycles.